The Morgan fingerprint density at radius 1 is 1.05 bits per heavy atom. The molecule has 0 unspecified atom stereocenters. The van der Waals surface area contributed by atoms with Crippen molar-refractivity contribution in [2.24, 2.45) is 0 Å². The minimum absolute atomic E-state index is 0.00533. The third kappa shape index (κ3) is 6.31. The van der Waals surface area contributed by atoms with Crippen molar-refractivity contribution in [3.63, 3.8) is 0 Å². The fraction of sp³-hybridized carbons (Fsp3) is 0.148. The summed E-state index contributed by atoms with van der Waals surface area (Å²) >= 11 is 1.04. The number of oxazole rings is 1. The van der Waals surface area contributed by atoms with Gasteiger partial charge in [-0.25, -0.2) is 14.8 Å². The van der Waals surface area contributed by atoms with E-state index in [9.17, 15) is 20.4 Å². The molecule has 5 N–H and O–H groups in total. The van der Waals surface area contributed by atoms with Crippen molar-refractivity contribution in [1.29, 1.82) is 10.5 Å². The second kappa shape index (κ2) is 12.6. The number of hydrogen-bond donors (Lipinski definition) is 4. The highest BCUT2D eigenvalue weighted by molar-refractivity contribution is 7.98. The lowest BCUT2D eigenvalue weighted by Gasteiger charge is -2.14. The molecular formula is C27H21N5O7S. The van der Waals surface area contributed by atoms with E-state index in [-0.39, 0.29) is 57.4 Å². The maximum Gasteiger partial charge on any atom is 0.513 e. The zero-order valence-electron chi connectivity index (χ0n) is 20.6. The standard InChI is InChI=1S/C27H21N5O7S/c28-10-19-22(15-6-8-18(9-7-15)37-13-17(34)12-33)20(11-29)25(32-23(19)30)40-14-21-26(39-27(35)36)38-24(31-21)16-4-2-1-3-5-16/h1-9,17,33-34H,12-14H2,(H2,30,32)(H,35,36)/t17-/m1/s1. The van der Waals surface area contributed by atoms with Crippen molar-refractivity contribution in [2.75, 3.05) is 18.9 Å². The molecule has 0 saturated carbocycles. The Morgan fingerprint density at radius 3 is 2.38 bits per heavy atom. The number of nitrogen functional groups attached to an aromatic ring is 1. The predicted molar refractivity (Wildman–Crippen MR) is 142 cm³/mol. The summed E-state index contributed by atoms with van der Waals surface area (Å²) in [5.74, 6) is 0.134. The molecule has 0 bridgehead atoms. The highest BCUT2D eigenvalue weighted by atomic mass is 32.2. The Hall–Kier alpha value is -5.08. The van der Waals surface area contributed by atoms with E-state index in [0.717, 1.165) is 11.8 Å². The molecule has 12 nitrogen and oxygen atoms in total. The largest absolute Gasteiger partial charge is 0.513 e. The molecule has 2 heterocycles. The van der Waals surface area contributed by atoms with Crippen LogP contribution in [-0.2, 0) is 5.75 Å². The smallest absolute Gasteiger partial charge is 0.491 e. The molecule has 0 aliphatic rings. The van der Waals surface area contributed by atoms with Crippen LogP contribution in [0.4, 0.5) is 10.6 Å². The quantitative estimate of drug-likeness (QED) is 0.161. The zero-order chi connectivity index (χ0) is 28.6. The van der Waals surface area contributed by atoms with Gasteiger partial charge in [-0.2, -0.15) is 10.5 Å². The van der Waals surface area contributed by atoms with Gasteiger partial charge in [-0.05, 0) is 29.8 Å². The molecule has 4 rings (SSSR count). The number of nitriles is 2. The first kappa shape index (κ1) is 27.9. The number of thioether (sulfide) groups is 1. The maximum atomic E-state index is 11.2. The lowest BCUT2D eigenvalue weighted by atomic mass is 9.97. The summed E-state index contributed by atoms with van der Waals surface area (Å²) in [6.45, 7) is -0.564. The first-order valence-corrected chi connectivity index (χ1v) is 12.6. The average Bonchev–Trinajstić information content (AvgIpc) is 3.36. The highest BCUT2D eigenvalue weighted by Gasteiger charge is 2.23. The molecule has 0 radical (unpaired) electrons. The van der Waals surface area contributed by atoms with Gasteiger partial charge in [0.15, 0.2) is 0 Å². The second-order valence-electron chi connectivity index (χ2n) is 8.10. The van der Waals surface area contributed by atoms with Gasteiger partial charge < -0.3 is 34.9 Å². The number of hydrogen-bond acceptors (Lipinski definition) is 12. The van der Waals surface area contributed by atoms with Crippen LogP contribution >= 0.6 is 11.8 Å². The summed E-state index contributed by atoms with van der Waals surface area (Å²) in [6, 6.07) is 19.3. The molecule has 1 atom stereocenters. The number of aromatic nitrogens is 2. The molecule has 40 heavy (non-hydrogen) atoms. The molecule has 2 aromatic carbocycles. The van der Waals surface area contributed by atoms with Crippen LogP contribution in [0.25, 0.3) is 22.6 Å². The van der Waals surface area contributed by atoms with Crippen LogP contribution in [0.1, 0.15) is 16.8 Å². The molecular weight excluding hydrogens is 538 g/mol. The zero-order valence-corrected chi connectivity index (χ0v) is 21.5. The Labute approximate surface area is 231 Å². The lowest BCUT2D eigenvalue weighted by molar-refractivity contribution is 0.0536. The van der Waals surface area contributed by atoms with Crippen molar-refractivity contribution >= 4 is 23.7 Å². The summed E-state index contributed by atoms with van der Waals surface area (Å²) < 4.78 is 15.7. The van der Waals surface area contributed by atoms with Crippen molar-refractivity contribution < 1.29 is 34.0 Å². The minimum atomic E-state index is -1.58. The molecule has 13 heteroatoms. The maximum absolute atomic E-state index is 11.2. The van der Waals surface area contributed by atoms with Crippen molar-refractivity contribution in [3.05, 3.63) is 71.4 Å². The number of rotatable bonds is 10. The topological polar surface area (TPSA) is 209 Å². The van der Waals surface area contributed by atoms with Gasteiger partial charge in [0.05, 0.1) is 12.2 Å². The number of nitrogens with zero attached hydrogens (tertiary/aromatic N) is 4. The van der Waals surface area contributed by atoms with E-state index < -0.39 is 18.9 Å². The van der Waals surface area contributed by atoms with Crippen LogP contribution in [0.5, 0.6) is 11.7 Å². The number of pyridine rings is 1. The van der Waals surface area contributed by atoms with Gasteiger partial charge in [0, 0.05) is 16.9 Å². The summed E-state index contributed by atoms with van der Waals surface area (Å²) in [5, 5.41) is 47.6. The van der Waals surface area contributed by atoms with Gasteiger partial charge in [-0.3, -0.25) is 0 Å². The SMILES string of the molecule is N#Cc1c(N)nc(SCc2nc(-c3ccccc3)oc2OC(=O)O)c(C#N)c1-c1ccc(OC[C@H](O)CO)cc1. The van der Waals surface area contributed by atoms with E-state index in [2.05, 4.69) is 16.0 Å². The number of aliphatic hydroxyl groups excluding tert-OH is 2. The van der Waals surface area contributed by atoms with E-state index in [1.807, 2.05) is 12.1 Å². The third-order valence-corrected chi connectivity index (χ3v) is 6.41. The van der Waals surface area contributed by atoms with Crippen LogP contribution in [0.2, 0.25) is 0 Å². The van der Waals surface area contributed by atoms with Crippen LogP contribution in [0.3, 0.4) is 0 Å². The van der Waals surface area contributed by atoms with E-state index in [4.69, 9.17) is 29.8 Å². The van der Waals surface area contributed by atoms with E-state index >= 15 is 0 Å². The summed E-state index contributed by atoms with van der Waals surface area (Å²) in [5.41, 5.74) is 7.69. The van der Waals surface area contributed by atoms with E-state index in [1.165, 1.54) is 0 Å². The van der Waals surface area contributed by atoms with Gasteiger partial charge >= 0.3 is 12.1 Å². The summed E-state index contributed by atoms with van der Waals surface area (Å²) in [6.07, 6.45) is -2.62. The molecule has 0 spiro atoms. The van der Waals surface area contributed by atoms with Crippen molar-refractivity contribution in [1.82, 2.24) is 9.97 Å². The summed E-state index contributed by atoms with van der Waals surface area (Å²) in [4.78, 5) is 19.8. The van der Waals surface area contributed by atoms with Crippen molar-refractivity contribution in [3.8, 4) is 46.4 Å². The minimum Gasteiger partial charge on any atom is -0.491 e. The normalized spacial score (nSPS) is 11.3. The molecule has 0 saturated heterocycles. The fourth-order valence-corrected chi connectivity index (χ4v) is 4.49. The molecule has 2 aromatic heterocycles. The number of carbonyl (C=O) groups is 1. The van der Waals surface area contributed by atoms with Crippen LogP contribution < -0.4 is 15.2 Å². The Morgan fingerprint density at radius 2 is 1.75 bits per heavy atom. The molecule has 4 aromatic rings. The number of benzene rings is 2. The molecule has 202 valence electrons. The molecule has 0 fully saturated rings. The number of aliphatic hydroxyl groups is 2. The Balaban J connectivity index is 1.67. The Bertz CT molecular complexity index is 1590. The molecule has 0 aliphatic heterocycles. The van der Waals surface area contributed by atoms with Gasteiger partial charge in [0.2, 0.25) is 5.89 Å². The van der Waals surface area contributed by atoms with Gasteiger partial charge in [0.1, 0.15) is 52.7 Å². The first-order valence-electron chi connectivity index (χ1n) is 11.6. The predicted octanol–water partition coefficient (Wildman–Crippen LogP) is 3.81. The second-order valence-corrected chi connectivity index (χ2v) is 9.06. The van der Waals surface area contributed by atoms with E-state index in [1.54, 1.807) is 48.5 Å². The number of carboxylic acid groups (broad SMARTS) is 1. The van der Waals surface area contributed by atoms with Crippen LogP contribution in [0.15, 0.2) is 64.0 Å². The van der Waals surface area contributed by atoms with Crippen LogP contribution in [-0.4, -0.2) is 50.8 Å². The summed E-state index contributed by atoms with van der Waals surface area (Å²) in [7, 11) is 0. The van der Waals surface area contributed by atoms with Gasteiger partial charge in [-0.1, -0.05) is 42.1 Å². The molecule has 0 aliphatic carbocycles. The lowest BCUT2D eigenvalue weighted by Crippen LogP contribution is -2.21. The fourth-order valence-electron chi connectivity index (χ4n) is 3.58. The molecule has 0 amide bonds. The number of anilines is 1. The highest BCUT2D eigenvalue weighted by Crippen LogP contribution is 2.38. The van der Waals surface area contributed by atoms with Gasteiger partial charge in [-0.15, -0.1) is 0 Å². The number of nitrogens with two attached hydrogens (primary N) is 1. The third-order valence-electron chi connectivity index (χ3n) is 5.42. The Kier molecular flexibility index (Phi) is 8.83. The average molecular weight is 560 g/mol. The monoisotopic (exact) mass is 559 g/mol. The van der Waals surface area contributed by atoms with Gasteiger partial charge in [0.25, 0.3) is 0 Å². The van der Waals surface area contributed by atoms with Crippen LogP contribution in [0, 0.1) is 22.7 Å². The first-order chi connectivity index (χ1) is 19.3. The number of ether oxygens (including phenoxy) is 2. The van der Waals surface area contributed by atoms with E-state index in [0.29, 0.717) is 16.9 Å². The van der Waals surface area contributed by atoms with Crippen molar-refractivity contribution in [2.45, 2.75) is 16.9 Å².